The van der Waals surface area contributed by atoms with Crippen LogP contribution in [0.4, 0.5) is 5.00 Å². The van der Waals surface area contributed by atoms with Crippen LogP contribution in [0.2, 0.25) is 0 Å². The zero-order valence-electron chi connectivity index (χ0n) is 15.9. The van der Waals surface area contributed by atoms with Crippen LogP contribution in [0.5, 0.6) is 11.5 Å². The third-order valence-electron chi connectivity index (χ3n) is 4.02. The number of thiophene rings is 1. The first-order valence-corrected chi connectivity index (χ1v) is 9.70. The maximum Gasteiger partial charge on any atom is 0.348 e. The molecule has 0 unspecified atom stereocenters. The van der Waals surface area contributed by atoms with Gasteiger partial charge in [0.25, 0.3) is 5.91 Å². The number of hydrogen-bond acceptors (Lipinski definition) is 6. The predicted octanol–water partition coefficient (Wildman–Crippen LogP) is 5.15. The molecule has 6 nitrogen and oxygen atoms in total. The number of carbonyl (C=O) groups is 2. The molecule has 1 aromatic heterocycles. The van der Waals surface area contributed by atoms with Crippen LogP contribution in [0, 0.1) is 18.3 Å². The molecule has 146 valence electrons. The number of nitrogens with zero attached hydrogens (tertiary/aromatic N) is 1. The van der Waals surface area contributed by atoms with Gasteiger partial charge in [-0.2, -0.15) is 5.26 Å². The summed E-state index contributed by atoms with van der Waals surface area (Å²) in [5, 5.41) is 12.5. The number of anilines is 1. The van der Waals surface area contributed by atoms with Crippen LogP contribution in [0.15, 0.2) is 54.6 Å². The number of para-hydroxylation sites is 1. The fraction of sp³-hybridized carbons (Fsp3) is 0.136. The standard InChI is InChI=1S/C22H18N2O4S/c1-3-27-22(26)19-14(2)18(13-23)21(29-19)24-20(25)15-8-7-11-17(12-15)28-16-9-5-4-6-10-16/h4-12H,3H2,1-2H3,(H,24,25). The molecular formula is C22H18N2O4S. The van der Waals surface area contributed by atoms with E-state index >= 15 is 0 Å². The zero-order valence-corrected chi connectivity index (χ0v) is 16.7. The van der Waals surface area contributed by atoms with Gasteiger partial charge in [0.05, 0.1) is 12.2 Å². The van der Waals surface area contributed by atoms with Crippen LogP contribution >= 0.6 is 11.3 Å². The van der Waals surface area contributed by atoms with Gasteiger partial charge in [-0.05, 0) is 49.7 Å². The van der Waals surface area contributed by atoms with Gasteiger partial charge in [-0.25, -0.2) is 4.79 Å². The molecule has 2 aromatic carbocycles. The van der Waals surface area contributed by atoms with E-state index in [1.165, 1.54) is 0 Å². The van der Waals surface area contributed by atoms with Crippen LogP contribution in [-0.4, -0.2) is 18.5 Å². The Bertz CT molecular complexity index is 1080. The maximum absolute atomic E-state index is 12.7. The summed E-state index contributed by atoms with van der Waals surface area (Å²) in [6, 6.07) is 18.0. The van der Waals surface area contributed by atoms with E-state index in [1.54, 1.807) is 38.1 Å². The first kappa shape index (κ1) is 20.1. The molecule has 0 aliphatic carbocycles. The summed E-state index contributed by atoms with van der Waals surface area (Å²) in [5.41, 5.74) is 1.11. The van der Waals surface area contributed by atoms with Crippen LogP contribution < -0.4 is 10.1 Å². The third-order valence-corrected chi connectivity index (χ3v) is 5.21. The van der Waals surface area contributed by atoms with Crippen molar-refractivity contribution in [2.45, 2.75) is 13.8 Å². The van der Waals surface area contributed by atoms with Gasteiger partial charge in [0.1, 0.15) is 27.4 Å². The summed E-state index contributed by atoms with van der Waals surface area (Å²) >= 11 is 1.03. The third kappa shape index (κ3) is 4.62. The highest BCUT2D eigenvalue weighted by Crippen LogP contribution is 2.33. The highest BCUT2D eigenvalue weighted by atomic mass is 32.1. The second-order valence-corrected chi connectivity index (χ2v) is 7.01. The van der Waals surface area contributed by atoms with Crippen molar-refractivity contribution in [1.82, 2.24) is 0 Å². The summed E-state index contributed by atoms with van der Waals surface area (Å²) < 4.78 is 10.8. The highest BCUT2D eigenvalue weighted by Gasteiger charge is 2.22. The van der Waals surface area contributed by atoms with Gasteiger partial charge >= 0.3 is 5.97 Å². The molecule has 0 radical (unpaired) electrons. The Morgan fingerprint density at radius 1 is 1.10 bits per heavy atom. The maximum atomic E-state index is 12.7. The van der Waals surface area contributed by atoms with E-state index < -0.39 is 11.9 Å². The van der Waals surface area contributed by atoms with Crippen molar-refractivity contribution in [3.05, 3.63) is 76.2 Å². The molecule has 1 amide bonds. The van der Waals surface area contributed by atoms with E-state index in [9.17, 15) is 14.9 Å². The SMILES string of the molecule is CCOC(=O)c1sc(NC(=O)c2cccc(Oc3ccccc3)c2)c(C#N)c1C. The smallest absolute Gasteiger partial charge is 0.348 e. The number of hydrogen-bond donors (Lipinski definition) is 1. The number of benzene rings is 2. The van der Waals surface area contributed by atoms with Crippen molar-refractivity contribution in [1.29, 1.82) is 5.26 Å². The Morgan fingerprint density at radius 2 is 1.83 bits per heavy atom. The first-order chi connectivity index (χ1) is 14.0. The molecule has 0 fully saturated rings. The summed E-state index contributed by atoms with van der Waals surface area (Å²) in [6.45, 7) is 3.60. The Labute approximate surface area is 172 Å². The molecule has 0 aliphatic rings. The van der Waals surface area contributed by atoms with Gasteiger partial charge < -0.3 is 14.8 Å². The molecule has 0 bridgehead atoms. The average molecular weight is 406 g/mol. The lowest BCUT2D eigenvalue weighted by Crippen LogP contribution is -2.11. The molecule has 0 saturated heterocycles. The topological polar surface area (TPSA) is 88.4 Å². The van der Waals surface area contributed by atoms with Gasteiger partial charge in [0.2, 0.25) is 0 Å². The van der Waals surface area contributed by atoms with E-state index in [-0.39, 0.29) is 12.2 Å². The molecular weight excluding hydrogens is 388 g/mol. The molecule has 29 heavy (non-hydrogen) atoms. The lowest BCUT2D eigenvalue weighted by Gasteiger charge is -2.08. The molecule has 0 atom stereocenters. The van der Waals surface area contributed by atoms with Gasteiger partial charge in [0, 0.05) is 5.56 Å². The molecule has 0 aliphatic heterocycles. The minimum Gasteiger partial charge on any atom is -0.462 e. The summed E-state index contributed by atoms with van der Waals surface area (Å²) in [5.74, 6) is 0.255. The van der Waals surface area contributed by atoms with Gasteiger partial charge in [-0.3, -0.25) is 4.79 Å². The minimum atomic E-state index is -0.509. The van der Waals surface area contributed by atoms with E-state index in [0.717, 1.165) is 11.3 Å². The largest absolute Gasteiger partial charge is 0.462 e. The molecule has 3 rings (SSSR count). The van der Waals surface area contributed by atoms with Crippen molar-refractivity contribution in [2.24, 2.45) is 0 Å². The zero-order chi connectivity index (χ0) is 20.8. The molecule has 1 N–H and O–H groups in total. The van der Waals surface area contributed by atoms with Crippen molar-refractivity contribution in [3.63, 3.8) is 0 Å². The van der Waals surface area contributed by atoms with Crippen LogP contribution in [0.1, 0.15) is 38.1 Å². The molecule has 7 heteroatoms. The fourth-order valence-corrected chi connectivity index (χ4v) is 3.67. The van der Waals surface area contributed by atoms with Crippen molar-refractivity contribution < 1.29 is 19.1 Å². The monoisotopic (exact) mass is 406 g/mol. The molecule has 0 saturated carbocycles. The predicted molar refractivity (Wildman–Crippen MR) is 111 cm³/mol. The van der Waals surface area contributed by atoms with Crippen LogP contribution in [0.25, 0.3) is 0 Å². The van der Waals surface area contributed by atoms with E-state index in [0.29, 0.717) is 32.5 Å². The summed E-state index contributed by atoms with van der Waals surface area (Å²) in [6.07, 6.45) is 0. The van der Waals surface area contributed by atoms with Gasteiger partial charge in [-0.1, -0.05) is 24.3 Å². The minimum absolute atomic E-state index is 0.230. The number of carbonyl (C=O) groups excluding carboxylic acids is 2. The highest BCUT2D eigenvalue weighted by molar-refractivity contribution is 7.18. The number of nitrogens with one attached hydrogen (secondary N) is 1. The van der Waals surface area contributed by atoms with Crippen molar-refractivity contribution >= 4 is 28.2 Å². The Kier molecular flexibility index (Phi) is 6.27. The molecule has 1 heterocycles. The number of nitriles is 1. The fourth-order valence-electron chi connectivity index (χ4n) is 2.63. The number of ether oxygens (including phenoxy) is 2. The van der Waals surface area contributed by atoms with E-state index in [2.05, 4.69) is 5.32 Å². The van der Waals surface area contributed by atoms with Crippen LogP contribution in [-0.2, 0) is 4.74 Å². The first-order valence-electron chi connectivity index (χ1n) is 8.88. The lowest BCUT2D eigenvalue weighted by atomic mass is 10.1. The second-order valence-electron chi connectivity index (χ2n) is 5.99. The second kappa shape index (κ2) is 9.04. The Balaban J connectivity index is 1.82. The number of esters is 1. The van der Waals surface area contributed by atoms with E-state index in [4.69, 9.17) is 9.47 Å². The quantitative estimate of drug-likeness (QED) is 0.572. The normalized spacial score (nSPS) is 10.1. The van der Waals surface area contributed by atoms with E-state index in [1.807, 2.05) is 36.4 Å². The van der Waals surface area contributed by atoms with Crippen molar-refractivity contribution in [2.75, 3.05) is 11.9 Å². The van der Waals surface area contributed by atoms with Gasteiger partial charge in [0.15, 0.2) is 0 Å². The number of rotatable bonds is 6. The Hall–Kier alpha value is -3.63. The number of amides is 1. The average Bonchev–Trinajstić information content (AvgIpc) is 3.04. The molecule has 0 spiro atoms. The van der Waals surface area contributed by atoms with Crippen LogP contribution in [0.3, 0.4) is 0 Å². The van der Waals surface area contributed by atoms with Crippen molar-refractivity contribution in [3.8, 4) is 17.6 Å². The molecule has 3 aromatic rings. The lowest BCUT2D eigenvalue weighted by molar-refractivity contribution is 0.0531. The Morgan fingerprint density at radius 3 is 2.52 bits per heavy atom. The van der Waals surface area contributed by atoms with Gasteiger partial charge in [-0.15, -0.1) is 11.3 Å². The summed E-state index contributed by atoms with van der Waals surface area (Å²) in [4.78, 5) is 25.1. The summed E-state index contributed by atoms with van der Waals surface area (Å²) in [7, 11) is 0.